The van der Waals surface area contributed by atoms with Crippen LogP contribution in [0.15, 0.2) is 42.5 Å². The molecular formula is C16H16Cl2O2S. The van der Waals surface area contributed by atoms with Gasteiger partial charge in [0.1, 0.15) is 0 Å². The molecule has 0 aliphatic heterocycles. The lowest BCUT2D eigenvalue weighted by Crippen LogP contribution is -2.14. The van der Waals surface area contributed by atoms with Crippen molar-refractivity contribution >= 4 is 33.0 Å². The summed E-state index contributed by atoms with van der Waals surface area (Å²) >= 11 is 12.0. The molecule has 5 heteroatoms. The van der Waals surface area contributed by atoms with E-state index in [1.54, 1.807) is 49.4 Å². The molecule has 2 aromatic rings. The number of benzene rings is 2. The normalized spacial score (nSPS) is 13.1. The summed E-state index contributed by atoms with van der Waals surface area (Å²) in [4.78, 5) is 0. The third kappa shape index (κ3) is 3.79. The molecule has 0 aliphatic carbocycles. The van der Waals surface area contributed by atoms with Crippen molar-refractivity contribution in [3.05, 3.63) is 69.2 Å². The van der Waals surface area contributed by atoms with E-state index in [2.05, 4.69) is 0 Å². The van der Waals surface area contributed by atoms with Crippen molar-refractivity contribution in [2.24, 2.45) is 0 Å². The van der Waals surface area contributed by atoms with Gasteiger partial charge >= 0.3 is 0 Å². The monoisotopic (exact) mass is 342 g/mol. The van der Waals surface area contributed by atoms with Gasteiger partial charge in [0.2, 0.25) is 0 Å². The van der Waals surface area contributed by atoms with Crippen LogP contribution in [0.5, 0.6) is 0 Å². The Kier molecular flexibility index (Phi) is 4.97. The van der Waals surface area contributed by atoms with Gasteiger partial charge in [-0.2, -0.15) is 0 Å². The second-order valence-electron chi connectivity index (χ2n) is 5.04. The number of aryl methyl sites for hydroxylation is 1. The lowest BCUT2D eigenvalue weighted by molar-refractivity contribution is 0.585. The minimum absolute atomic E-state index is 0.0254. The van der Waals surface area contributed by atoms with E-state index in [1.807, 2.05) is 6.92 Å². The van der Waals surface area contributed by atoms with E-state index in [0.717, 1.165) is 11.1 Å². The van der Waals surface area contributed by atoms with Crippen molar-refractivity contribution in [1.29, 1.82) is 0 Å². The van der Waals surface area contributed by atoms with Crippen molar-refractivity contribution in [3.8, 4) is 0 Å². The molecular weight excluding hydrogens is 327 g/mol. The van der Waals surface area contributed by atoms with Crippen molar-refractivity contribution in [2.45, 2.75) is 24.9 Å². The SMILES string of the molecule is Cc1cc(Cl)ccc1CS(=O)(=O)C(C)c1ccccc1Cl. The summed E-state index contributed by atoms with van der Waals surface area (Å²) in [6, 6.07) is 12.3. The first kappa shape index (κ1) is 16.3. The lowest BCUT2D eigenvalue weighted by Gasteiger charge is -2.16. The van der Waals surface area contributed by atoms with Crippen LogP contribution in [0.3, 0.4) is 0 Å². The van der Waals surface area contributed by atoms with Crippen LogP contribution in [-0.2, 0) is 15.6 Å². The average molecular weight is 343 g/mol. The minimum atomic E-state index is -3.35. The van der Waals surface area contributed by atoms with E-state index in [1.165, 1.54) is 0 Å². The molecule has 0 radical (unpaired) electrons. The molecule has 1 atom stereocenters. The smallest absolute Gasteiger partial charge is 0.161 e. The summed E-state index contributed by atoms with van der Waals surface area (Å²) in [5.41, 5.74) is 2.27. The van der Waals surface area contributed by atoms with Crippen molar-refractivity contribution in [1.82, 2.24) is 0 Å². The fraction of sp³-hybridized carbons (Fsp3) is 0.250. The van der Waals surface area contributed by atoms with Gasteiger partial charge in [-0.1, -0.05) is 47.5 Å². The predicted molar refractivity (Wildman–Crippen MR) is 88.7 cm³/mol. The highest BCUT2D eigenvalue weighted by Gasteiger charge is 2.25. The van der Waals surface area contributed by atoms with Crippen LogP contribution in [0, 0.1) is 6.92 Å². The van der Waals surface area contributed by atoms with Crippen LogP contribution in [0.2, 0.25) is 10.0 Å². The van der Waals surface area contributed by atoms with Crippen molar-refractivity contribution < 1.29 is 8.42 Å². The summed E-state index contributed by atoms with van der Waals surface area (Å²) in [6.45, 7) is 3.53. The number of hydrogen-bond donors (Lipinski definition) is 0. The molecule has 0 N–H and O–H groups in total. The topological polar surface area (TPSA) is 34.1 Å². The fourth-order valence-corrected chi connectivity index (χ4v) is 4.35. The second kappa shape index (κ2) is 6.39. The molecule has 2 aromatic carbocycles. The number of halogens is 2. The average Bonchev–Trinajstić information content (AvgIpc) is 2.42. The summed E-state index contributed by atoms with van der Waals surface area (Å²) in [7, 11) is -3.35. The highest BCUT2D eigenvalue weighted by molar-refractivity contribution is 7.90. The Bertz CT molecular complexity index is 755. The third-order valence-electron chi connectivity index (χ3n) is 3.54. The zero-order valence-corrected chi connectivity index (χ0v) is 14.1. The van der Waals surface area contributed by atoms with Crippen LogP contribution in [0.4, 0.5) is 0 Å². The quantitative estimate of drug-likeness (QED) is 0.785. The van der Waals surface area contributed by atoms with Gasteiger partial charge in [0.15, 0.2) is 9.84 Å². The summed E-state index contributed by atoms with van der Waals surface area (Å²) < 4.78 is 25.2. The van der Waals surface area contributed by atoms with Gasteiger partial charge in [-0.3, -0.25) is 0 Å². The van der Waals surface area contributed by atoms with Crippen LogP contribution in [0.25, 0.3) is 0 Å². The minimum Gasteiger partial charge on any atom is -0.228 e. The highest BCUT2D eigenvalue weighted by atomic mass is 35.5. The van der Waals surface area contributed by atoms with Gasteiger partial charge in [-0.25, -0.2) is 8.42 Å². The Hall–Kier alpha value is -1.03. The van der Waals surface area contributed by atoms with Gasteiger partial charge < -0.3 is 0 Å². The summed E-state index contributed by atoms with van der Waals surface area (Å²) in [5.74, 6) is -0.0254. The zero-order chi connectivity index (χ0) is 15.6. The molecule has 0 spiro atoms. The van der Waals surface area contributed by atoms with E-state index in [4.69, 9.17) is 23.2 Å². The second-order valence-corrected chi connectivity index (χ2v) is 8.21. The lowest BCUT2D eigenvalue weighted by atomic mass is 10.1. The Balaban J connectivity index is 2.32. The predicted octanol–water partition coefficient (Wildman–Crippen LogP) is 4.98. The molecule has 2 rings (SSSR count). The Morgan fingerprint density at radius 2 is 1.76 bits per heavy atom. The maximum absolute atomic E-state index is 12.6. The molecule has 0 saturated heterocycles. The maximum atomic E-state index is 12.6. The van der Waals surface area contributed by atoms with Crippen LogP contribution in [-0.4, -0.2) is 8.42 Å². The molecule has 0 amide bonds. The van der Waals surface area contributed by atoms with Crippen LogP contribution in [0.1, 0.15) is 28.9 Å². The Morgan fingerprint density at radius 3 is 2.38 bits per heavy atom. The Morgan fingerprint density at radius 1 is 1.10 bits per heavy atom. The van der Waals surface area contributed by atoms with E-state index < -0.39 is 15.1 Å². The van der Waals surface area contributed by atoms with Gasteiger partial charge in [-0.15, -0.1) is 0 Å². The van der Waals surface area contributed by atoms with E-state index in [9.17, 15) is 8.42 Å². The van der Waals surface area contributed by atoms with E-state index in [-0.39, 0.29) is 5.75 Å². The van der Waals surface area contributed by atoms with E-state index >= 15 is 0 Å². The van der Waals surface area contributed by atoms with Gasteiger partial charge in [-0.05, 0) is 48.7 Å². The molecule has 1 unspecified atom stereocenters. The molecule has 0 bridgehead atoms. The fourth-order valence-electron chi connectivity index (χ4n) is 2.16. The third-order valence-corrected chi connectivity index (χ3v) is 6.17. The molecule has 0 aliphatic rings. The van der Waals surface area contributed by atoms with Gasteiger partial charge in [0, 0.05) is 10.0 Å². The molecule has 21 heavy (non-hydrogen) atoms. The molecule has 0 aromatic heterocycles. The van der Waals surface area contributed by atoms with Crippen molar-refractivity contribution in [3.63, 3.8) is 0 Å². The molecule has 2 nitrogen and oxygen atoms in total. The molecule has 0 saturated carbocycles. The van der Waals surface area contributed by atoms with Gasteiger partial charge in [0.25, 0.3) is 0 Å². The molecule has 0 fully saturated rings. The van der Waals surface area contributed by atoms with E-state index in [0.29, 0.717) is 15.6 Å². The first-order valence-electron chi connectivity index (χ1n) is 6.52. The van der Waals surface area contributed by atoms with Crippen LogP contribution >= 0.6 is 23.2 Å². The first-order chi connectivity index (χ1) is 9.81. The molecule has 0 heterocycles. The van der Waals surface area contributed by atoms with Gasteiger partial charge in [0.05, 0.1) is 11.0 Å². The summed E-state index contributed by atoms with van der Waals surface area (Å²) in [6.07, 6.45) is 0. The highest BCUT2D eigenvalue weighted by Crippen LogP contribution is 2.31. The largest absolute Gasteiger partial charge is 0.228 e. The zero-order valence-electron chi connectivity index (χ0n) is 11.8. The first-order valence-corrected chi connectivity index (χ1v) is 8.99. The Labute approximate surface area is 135 Å². The van der Waals surface area contributed by atoms with Crippen molar-refractivity contribution in [2.75, 3.05) is 0 Å². The van der Waals surface area contributed by atoms with Crippen LogP contribution < -0.4 is 0 Å². The molecule has 112 valence electrons. The number of rotatable bonds is 4. The summed E-state index contributed by atoms with van der Waals surface area (Å²) in [5, 5.41) is 0.426. The number of sulfone groups is 1. The maximum Gasteiger partial charge on any atom is 0.161 e. The number of hydrogen-bond acceptors (Lipinski definition) is 2. The standard InChI is InChI=1S/C16H16Cl2O2S/c1-11-9-14(17)8-7-13(11)10-21(19,20)12(2)15-5-3-4-6-16(15)18/h3-9,12H,10H2,1-2H3.